The Morgan fingerprint density at radius 3 is 2.52 bits per heavy atom. The van der Waals surface area contributed by atoms with Crippen molar-refractivity contribution in [2.75, 3.05) is 25.3 Å². The smallest absolute Gasteiger partial charge is 0.257 e. The summed E-state index contributed by atoms with van der Waals surface area (Å²) in [5, 5.41) is 2.97. The molecule has 0 aliphatic rings. The maximum absolute atomic E-state index is 12.2. The lowest BCUT2D eigenvalue weighted by Gasteiger charge is -2.11. The van der Waals surface area contributed by atoms with Gasteiger partial charge in [0, 0.05) is 11.8 Å². The van der Waals surface area contributed by atoms with Gasteiger partial charge in [0.25, 0.3) is 5.91 Å². The normalized spacial score (nSPS) is 10.0. The van der Waals surface area contributed by atoms with Crippen molar-refractivity contribution in [3.63, 3.8) is 0 Å². The van der Waals surface area contributed by atoms with Crippen LogP contribution in [-0.4, -0.2) is 20.1 Å². The standard InChI is InChI=1S/C15H15ClN2O3/c1-20-12-7-6-9(8-13(12)21-2)18-15(19)10-4-3-5-11(17)14(10)16/h3-8H,17H2,1-2H3,(H,18,19). The predicted octanol–water partition coefficient (Wildman–Crippen LogP) is 3.19. The predicted molar refractivity (Wildman–Crippen MR) is 83.4 cm³/mol. The number of hydrogen-bond donors (Lipinski definition) is 2. The number of nitrogens with one attached hydrogen (secondary N) is 1. The number of benzene rings is 2. The van der Waals surface area contributed by atoms with Crippen LogP contribution in [0.25, 0.3) is 0 Å². The molecule has 6 heteroatoms. The van der Waals surface area contributed by atoms with Crippen LogP contribution in [-0.2, 0) is 0 Å². The maximum Gasteiger partial charge on any atom is 0.257 e. The van der Waals surface area contributed by atoms with Crippen molar-refractivity contribution in [2.45, 2.75) is 0 Å². The molecule has 0 bridgehead atoms. The van der Waals surface area contributed by atoms with Crippen LogP contribution in [0.2, 0.25) is 5.02 Å². The van der Waals surface area contributed by atoms with Gasteiger partial charge in [-0.15, -0.1) is 0 Å². The van der Waals surface area contributed by atoms with Gasteiger partial charge < -0.3 is 20.5 Å². The summed E-state index contributed by atoms with van der Waals surface area (Å²) in [4.78, 5) is 12.2. The van der Waals surface area contributed by atoms with Crippen LogP contribution in [0.15, 0.2) is 36.4 Å². The van der Waals surface area contributed by atoms with E-state index < -0.39 is 0 Å². The Morgan fingerprint density at radius 1 is 1.14 bits per heavy atom. The van der Waals surface area contributed by atoms with Crippen molar-refractivity contribution in [2.24, 2.45) is 0 Å². The molecule has 2 aromatic rings. The highest BCUT2D eigenvalue weighted by molar-refractivity contribution is 6.36. The number of amides is 1. The van der Waals surface area contributed by atoms with Gasteiger partial charge in [-0.3, -0.25) is 4.79 Å². The minimum atomic E-state index is -0.348. The average Bonchev–Trinajstić information content (AvgIpc) is 2.49. The summed E-state index contributed by atoms with van der Waals surface area (Å²) < 4.78 is 10.3. The zero-order chi connectivity index (χ0) is 15.4. The first-order valence-electron chi connectivity index (χ1n) is 6.14. The summed E-state index contributed by atoms with van der Waals surface area (Å²) in [7, 11) is 3.07. The number of nitrogens with two attached hydrogens (primary N) is 1. The van der Waals surface area contributed by atoms with Crippen molar-refractivity contribution in [1.29, 1.82) is 0 Å². The number of methoxy groups -OCH3 is 2. The van der Waals surface area contributed by atoms with E-state index >= 15 is 0 Å². The highest BCUT2D eigenvalue weighted by Gasteiger charge is 2.13. The Hall–Kier alpha value is -2.40. The molecule has 0 aromatic heterocycles. The van der Waals surface area contributed by atoms with Crippen molar-refractivity contribution in [3.8, 4) is 11.5 Å². The van der Waals surface area contributed by atoms with Crippen LogP contribution in [0.4, 0.5) is 11.4 Å². The number of hydrogen-bond acceptors (Lipinski definition) is 4. The lowest BCUT2D eigenvalue weighted by atomic mass is 10.2. The molecule has 0 saturated heterocycles. The monoisotopic (exact) mass is 306 g/mol. The lowest BCUT2D eigenvalue weighted by Crippen LogP contribution is -2.13. The van der Waals surface area contributed by atoms with Gasteiger partial charge in [0.1, 0.15) is 0 Å². The molecule has 0 fully saturated rings. The molecule has 0 saturated carbocycles. The molecule has 1 amide bonds. The Morgan fingerprint density at radius 2 is 1.86 bits per heavy atom. The number of carbonyl (C=O) groups is 1. The van der Waals surface area contributed by atoms with E-state index in [0.717, 1.165) is 0 Å². The molecule has 110 valence electrons. The highest BCUT2D eigenvalue weighted by atomic mass is 35.5. The van der Waals surface area contributed by atoms with E-state index in [2.05, 4.69) is 5.32 Å². The number of rotatable bonds is 4. The molecule has 0 atom stereocenters. The van der Waals surface area contributed by atoms with Crippen LogP contribution in [0, 0.1) is 0 Å². The summed E-state index contributed by atoms with van der Waals surface area (Å²) in [5.74, 6) is 0.756. The minimum Gasteiger partial charge on any atom is -0.493 e. The lowest BCUT2D eigenvalue weighted by molar-refractivity contribution is 0.102. The number of carbonyl (C=O) groups excluding carboxylic acids is 1. The van der Waals surface area contributed by atoms with Gasteiger partial charge in [0.2, 0.25) is 0 Å². The molecule has 3 N–H and O–H groups in total. The van der Waals surface area contributed by atoms with Gasteiger partial charge in [-0.1, -0.05) is 17.7 Å². The molecular formula is C15H15ClN2O3. The Labute approximate surface area is 127 Å². The zero-order valence-corrected chi connectivity index (χ0v) is 12.4. The average molecular weight is 307 g/mol. The van der Waals surface area contributed by atoms with Gasteiger partial charge in [-0.05, 0) is 24.3 Å². The van der Waals surface area contributed by atoms with Crippen LogP contribution in [0.3, 0.4) is 0 Å². The molecular weight excluding hydrogens is 292 g/mol. The van der Waals surface area contributed by atoms with E-state index in [1.54, 1.807) is 43.5 Å². The largest absolute Gasteiger partial charge is 0.493 e. The summed E-state index contributed by atoms with van der Waals surface area (Å²) in [6.45, 7) is 0. The third-order valence-electron chi connectivity index (χ3n) is 2.91. The summed E-state index contributed by atoms with van der Waals surface area (Å²) >= 11 is 6.03. The van der Waals surface area contributed by atoms with E-state index in [0.29, 0.717) is 28.4 Å². The number of ether oxygens (including phenoxy) is 2. The highest BCUT2D eigenvalue weighted by Crippen LogP contribution is 2.30. The molecule has 0 radical (unpaired) electrons. The van der Waals surface area contributed by atoms with E-state index in [9.17, 15) is 4.79 Å². The van der Waals surface area contributed by atoms with Crippen molar-refractivity contribution in [3.05, 3.63) is 47.0 Å². The van der Waals surface area contributed by atoms with Gasteiger partial charge in [0.15, 0.2) is 11.5 Å². The Balaban J connectivity index is 2.25. The molecule has 0 aliphatic heterocycles. The summed E-state index contributed by atoms with van der Waals surface area (Å²) in [5.41, 5.74) is 6.92. The third kappa shape index (κ3) is 3.20. The molecule has 2 aromatic carbocycles. The van der Waals surface area contributed by atoms with E-state index in [1.165, 1.54) is 7.11 Å². The second-order valence-electron chi connectivity index (χ2n) is 4.23. The number of anilines is 2. The second-order valence-corrected chi connectivity index (χ2v) is 4.61. The van der Waals surface area contributed by atoms with E-state index in [-0.39, 0.29) is 10.9 Å². The molecule has 0 aliphatic carbocycles. The molecule has 0 heterocycles. The van der Waals surface area contributed by atoms with Crippen LogP contribution in [0.5, 0.6) is 11.5 Å². The second kappa shape index (κ2) is 6.37. The van der Waals surface area contributed by atoms with Gasteiger partial charge in [0.05, 0.1) is 30.5 Å². The van der Waals surface area contributed by atoms with Crippen LogP contribution in [0.1, 0.15) is 10.4 Å². The minimum absolute atomic E-state index is 0.232. The summed E-state index contributed by atoms with van der Waals surface area (Å²) in [6, 6.07) is 9.99. The van der Waals surface area contributed by atoms with E-state index in [4.69, 9.17) is 26.8 Å². The van der Waals surface area contributed by atoms with Crippen LogP contribution >= 0.6 is 11.6 Å². The topological polar surface area (TPSA) is 73.6 Å². The molecule has 5 nitrogen and oxygen atoms in total. The number of nitrogen functional groups attached to an aromatic ring is 1. The van der Waals surface area contributed by atoms with E-state index in [1.807, 2.05) is 0 Å². The van der Waals surface area contributed by atoms with Crippen molar-refractivity contribution < 1.29 is 14.3 Å². The Bertz CT molecular complexity index is 674. The van der Waals surface area contributed by atoms with Crippen molar-refractivity contribution in [1.82, 2.24) is 0 Å². The zero-order valence-electron chi connectivity index (χ0n) is 11.6. The molecule has 0 spiro atoms. The molecule has 2 rings (SSSR count). The first kappa shape index (κ1) is 15.0. The first-order chi connectivity index (χ1) is 10.1. The fraction of sp³-hybridized carbons (Fsp3) is 0.133. The SMILES string of the molecule is COc1ccc(NC(=O)c2cccc(N)c2Cl)cc1OC. The fourth-order valence-electron chi connectivity index (χ4n) is 1.84. The van der Waals surface area contributed by atoms with Gasteiger partial charge in [-0.25, -0.2) is 0 Å². The number of halogens is 1. The first-order valence-corrected chi connectivity index (χ1v) is 6.52. The Kier molecular flexibility index (Phi) is 4.55. The molecule has 21 heavy (non-hydrogen) atoms. The van der Waals surface area contributed by atoms with Crippen LogP contribution < -0.4 is 20.5 Å². The quantitative estimate of drug-likeness (QED) is 0.851. The third-order valence-corrected chi connectivity index (χ3v) is 3.34. The van der Waals surface area contributed by atoms with Crippen molar-refractivity contribution >= 4 is 28.9 Å². The summed E-state index contributed by atoms with van der Waals surface area (Å²) in [6.07, 6.45) is 0. The van der Waals surface area contributed by atoms with Gasteiger partial charge in [-0.2, -0.15) is 0 Å². The maximum atomic E-state index is 12.2. The van der Waals surface area contributed by atoms with Gasteiger partial charge >= 0.3 is 0 Å². The molecule has 0 unspecified atom stereocenters. The fourth-order valence-corrected chi connectivity index (χ4v) is 2.05.